The Balaban J connectivity index is 1.58. The Labute approximate surface area is 204 Å². The maximum absolute atomic E-state index is 10.4. The summed E-state index contributed by atoms with van der Waals surface area (Å²) in [5, 5.41) is 10.4. The summed E-state index contributed by atoms with van der Waals surface area (Å²) in [6, 6.07) is 19.0. The molecule has 0 radical (unpaired) electrons. The minimum atomic E-state index is -0.227. The molecule has 34 heavy (non-hydrogen) atoms. The molecule has 1 aliphatic rings. The van der Waals surface area contributed by atoms with E-state index in [1.807, 2.05) is 18.2 Å². The zero-order valence-electron chi connectivity index (χ0n) is 20.9. The van der Waals surface area contributed by atoms with Crippen LogP contribution in [-0.2, 0) is 6.42 Å². The fourth-order valence-electron chi connectivity index (χ4n) is 4.76. The first kappa shape index (κ1) is 24.4. The van der Waals surface area contributed by atoms with E-state index < -0.39 is 0 Å². The molecule has 0 bridgehead atoms. The lowest BCUT2D eigenvalue weighted by Gasteiger charge is -2.37. The van der Waals surface area contributed by atoms with Gasteiger partial charge in [0.25, 0.3) is 0 Å². The molecule has 1 saturated heterocycles. The van der Waals surface area contributed by atoms with Crippen molar-refractivity contribution in [3.63, 3.8) is 0 Å². The number of β-amino-alcohol motifs (C(OH)–C–C–N with tert-alkyl or cyclic N) is 1. The molecule has 0 unspecified atom stereocenters. The number of hydrogen-bond donors (Lipinski definition) is 1. The summed E-state index contributed by atoms with van der Waals surface area (Å²) >= 11 is 0. The predicted molar refractivity (Wildman–Crippen MR) is 140 cm³/mol. The SMILES string of the molecule is CCCC[C@H](O)CN1CCN(c2nc(-c3ccccc3)nc(C)c2Cc2cccc(C)c2)CC1. The molecule has 5 nitrogen and oxygen atoms in total. The Morgan fingerprint density at radius 3 is 2.41 bits per heavy atom. The summed E-state index contributed by atoms with van der Waals surface area (Å²) in [5.41, 5.74) is 5.86. The third-order valence-corrected chi connectivity index (χ3v) is 6.72. The van der Waals surface area contributed by atoms with E-state index in [0.717, 1.165) is 81.3 Å². The molecular weight excluding hydrogens is 420 g/mol. The molecule has 2 heterocycles. The van der Waals surface area contributed by atoms with E-state index in [1.165, 1.54) is 16.7 Å². The van der Waals surface area contributed by atoms with Crippen LogP contribution in [-0.4, -0.2) is 58.8 Å². The molecule has 3 aromatic rings. The van der Waals surface area contributed by atoms with Gasteiger partial charge < -0.3 is 10.0 Å². The molecule has 0 saturated carbocycles. The number of aryl methyl sites for hydroxylation is 2. The van der Waals surface area contributed by atoms with Crippen molar-refractivity contribution in [2.24, 2.45) is 0 Å². The van der Waals surface area contributed by atoms with Crippen LogP contribution in [0.5, 0.6) is 0 Å². The fraction of sp³-hybridized carbons (Fsp3) is 0.448. The smallest absolute Gasteiger partial charge is 0.161 e. The van der Waals surface area contributed by atoms with Gasteiger partial charge in [-0.1, -0.05) is 79.9 Å². The maximum Gasteiger partial charge on any atom is 0.161 e. The van der Waals surface area contributed by atoms with Crippen LogP contribution < -0.4 is 4.90 Å². The Morgan fingerprint density at radius 2 is 1.71 bits per heavy atom. The van der Waals surface area contributed by atoms with E-state index in [-0.39, 0.29) is 6.10 Å². The number of piperazine rings is 1. The number of nitrogens with zero attached hydrogens (tertiary/aromatic N) is 4. The van der Waals surface area contributed by atoms with E-state index in [2.05, 4.69) is 67.0 Å². The molecular formula is C29H38N4O. The minimum Gasteiger partial charge on any atom is -0.392 e. The maximum atomic E-state index is 10.4. The molecule has 1 fully saturated rings. The van der Waals surface area contributed by atoms with Gasteiger partial charge in [0.15, 0.2) is 5.82 Å². The van der Waals surface area contributed by atoms with Crippen LogP contribution in [0, 0.1) is 13.8 Å². The van der Waals surface area contributed by atoms with E-state index in [1.54, 1.807) is 0 Å². The molecule has 0 aliphatic carbocycles. The molecule has 2 aromatic carbocycles. The number of rotatable bonds is 9. The fourth-order valence-corrected chi connectivity index (χ4v) is 4.76. The first-order chi connectivity index (χ1) is 16.5. The van der Waals surface area contributed by atoms with Crippen molar-refractivity contribution in [1.29, 1.82) is 0 Å². The lowest BCUT2D eigenvalue weighted by Crippen LogP contribution is -2.49. The lowest BCUT2D eigenvalue weighted by molar-refractivity contribution is 0.100. The quantitative estimate of drug-likeness (QED) is 0.488. The lowest BCUT2D eigenvalue weighted by atomic mass is 10.0. The Bertz CT molecular complexity index is 1060. The molecule has 4 rings (SSSR count). The molecule has 180 valence electrons. The second-order valence-corrected chi connectivity index (χ2v) is 9.55. The van der Waals surface area contributed by atoms with Gasteiger partial charge in [0.05, 0.1) is 6.10 Å². The molecule has 1 aromatic heterocycles. The summed E-state index contributed by atoms with van der Waals surface area (Å²) in [6.07, 6.45) is 3.71. The molecule has 1 N–H and O–H groups in total. The third-order valence-electron chi connectivity index (χ3n) is 6.72. The standard InChI is InChI=1S/C29H38N4O/c1-4-5-14-26(34)21-32-15-17-33(18-16-32)29-27(20-24-11-9-10-22(2)19-24)23(3)30-28(31-29)25-12-7-6-8-13-25/h6-13,19,26,34H,4-5,14-18,20-21H2,1-3H3/t26-/m0/s1. The summed E-state index contributed by atoms with van der Waals surface area (Å²) in [6.45, 7) is 10.9. The van der Waals surface area contributed by atoms with Gasteiger partial charge in [-0.05, 0) is 25.8 Å². The second kappa shape index (κ2) is 11.6. The van der Waals surface area contributed by atoms with Crippen LogP contribution in [0.3, 0.4) is 0 Å². The van der Waals surface area contributed by atoms with Crippen molar-refractivity contribution >= 4 is 5.82 Å². The number of hydrogen-bond acceptors (Lipinski definition) is 5. The van der Waals surface area contributed by atoms with Gasteiger partial charge in [-0.25, -0.2) is 9.97 Å². The van der Waals surface area contributed by atoms with Crippen LogP contribution in [0.1, 0.15) is 48.6 Å². The third kappa shape index (κ3) is 6.22. The number of anilines is 1. The number of aromatic nitrogens is 2. The van der Waals surface area contributed by atoms with Crippen LogP contribution in [0.2, 0.25) is 0 Å². The average molecular weight is 459 g/mol. The van der Waals surface area contributed by atoms with Crippen molar-refractivity contribution in [2.75, 3.05) is 37.6 Å². The number of benzene rings is 2. The number of aliphatic hydroxyl groups is 1. The van der Waals surface area contributed by atoms with Gasteiger partial charge in [0, 0.05) is 56.0 Å². The zero-order valence-corrected chi connectivity index (χ0v) is 20.9. The Kier molecular flexibility index (Phi) is 8.30. The molecule has 5 heteroatoms. The van der Waals surface area contributed by atoms with Gasteiger partial charge in [0.1, 0.15) is 5.82 Å². The van der Waals surface area contributed by atoms with Crippen molar-refractivity contribution in [2.45, 2.75) is 52.6 Å². The van der Waals surface area contributed by atoms with E-state index in [4.69, 9.17) is 9.97 Å². The van der Waals surface area contributed by atoms with Crippen molar-refractivity contribution in [3.05, 3.63) is 77.0 Å². The summed E-state index contributed by atoms with van der Waals surface area (Å²) < 4.78 is 0. The highest BCUT2D eigenvalue weighted by Gasteiger charge is 2.24. The second-order valence-electron chi connectivity index (χ2n) is 9.55. The highest BCUT2D eigenvalue weighted by Crippen LogP contribution is 2.28. The van der Waals surface area contributed by atoms with Gasteiger partial charge in [-0.3, -0.25) is 4.90 Å². The average Bonchev–Trinajstić information content (AvgIpc) is 2.85. The largest absolute Gasteiger partial charge is 0.392 e. The van der Waals surface area contributed by atoms with Gasteiger partial charge in [0.2, 0.25) is 0 Å². The van der Waals surface area contributed by atoms with Crippen LogP contribution in [0.25, 0.3) is 11.4 Å². The summed E-state index contributed by atoms with van der Waals surface area (Å²) in [4.78, 5) is 14.8. The molecule has 0 spiro atoms. The molecule has 0 amide bonds. The van der Waals surface area contributed by atoms with Gasteiger partial charge >= 0.3 is 0 Å². The topological polar surface area (TPSA) is 52.5 Å². The minimum absolute atomic E-state index is 0.227. The summed E-state index contributed by atoms with van der Waals surface area (Å²) in [5.74, 6) is 1.84. The van der Waals surface area contributed by atoms with Crippen molar-refractivity contribution < 1.29 is 5.11 Å². The van der Waals surface area contributed by atoms with E-state index in [0.29, 0.717) is 0 Å². The molecule has 1 atom stereocenters. The zero-order chi connectivity index (χ0) is 23.9. The van der Waals surface area contributed by atoms with Crippen molar-refractivity contribution in [1.82, 2.24) is 14.9 Å². The Morgan fingerprint density at radius 1 is 0.941 bits per heavy atom. The summed E-state index contributed by atoms with van der Waals surface area (Å²) in [7, 11) is 0. The van der Waals surface area contributed by atoms with Crippen LogP contribution in [0.4, 0.5) is 5.82 Å². The van der Waals surface area contributed by atoms with Crippen molar-refractivity contribution in [3.8, 4) is 11.4 Å². The van der Waals surface area contributed by atoms with Gasteiger partial charge in [-0.15, -0.1) is 0 Å². The highest BCUT2D eigenvalue weighted by molar-refractivity contribution is 5.61. The van der Waals surface area contributed by atoms with Crippen LogP contribution in [0.15, 0.2) is 54.6 Å². The Hall–Kier alpha value is -2.76. The first-order valence-electron chi connectivity index (χ1n) is 12.7. The van der Waals surface area contributed by atoms with Gasteiger partial charge in [-0.2, -0.15) is 0 Å². The predicted octanol–water partition coefficient (Wildman–Crippen LogP) is 5.02. The number of unbranched alkanes of at least 4 members (excludes halogenated alkanes) is 1. The van der Waals surface area contributed by atoms with E-state index >= 15 is 0 Å². The van der Waals surface area contributed by atoms with E-state index in [9.17, 15) is 5.11 Å². The normalized spacial score (nSPS) is 15.5. The molecule has 1 aliphatic heterocycles. The van der Waals surface area contributed by atoms with Crippen LogP contribution >= 0.6 is 0 Å². The highest BCUT2D eigenvalue weighted by atomic mass is 16.3. The number of aliphatic hydroxyl groups excluding tert-OH is 1. The monoisotopic (exact) mass is 458 g/mol. The first-order valence-corrected chi connectivity index (χ1v) is 12.7.